The van der Waals surface area contributed by atoms with E-state index in [1.165, 1.54) is 23.5 Å². The summed E-state index contributed by atoms with van der Waals surface area (Å²) >= 11 is 6.47. The Labute approximate surface area is 164 Å². The molecule has 0 spiro atoms. The van der Waals surface area contributed by atoms with Crippen molar-refractivity contribution in [3.05, 3.63) is 58.1 Å². The number of hydrazone groups is 1. The van der Waals surface area contributed by atoms with Gasteiger partial charge in [-0.25, -0.2) is 4.98 Å². The van der Waals surface area contributed by atoms with E-state index in [0.29, 0.717) is 15.3 Å². The van der Waals surface area contributed by atoms with E-state index in [-0.39, 0.29) is 10.8 Å². The minimum absolute atomic E-state index is 0.0308. The molecule has 27 heavy (non-hydrogen) atoms. The van der Waals surface area contributed by atoms with Gasteiger partial charge in [0.25, 0.3) is 5.69 Å². The van der Waals surface area contributed by atoms with Gasteiger partial charge in [-0.05, 0) is 36.0 Å². The summed E-state index contributed by atoms with van der Waals surface area (Å²) in [5.41, 5.74) is 5.47. The molecule has 0 radical (unpaired) electrons. The molecule has 0 fully saturated rings. The van der Waals surface area contributed by atoms with Gasteiger partial charge in [-0.1, -0.05) is 23.5 Å². The van der Waals surface area contributed by atoms with Crippen molar-refractivity contribution in [3.63, 3.8) is 0 Å². The van der Waals surface area contributed by atoms with Gasteiger partial charge in [0.1, 0.15) is 0 Å². The maximum atomic E-state index is 10.8. The highest BCUT2D eigenvalue weighted by Gasteiger charge is 2.10. The first-order valence-electron chi connectivity index (χ1n) is 7.85. The molecule has 0 saturated carbocycles. The lowest BCUT2D eigenvalue weighted by Gasteiger charge is -2.11. The Morgan fingerprint density at radius 3 is 2.70 bits per heavy atom. The van der Waals surface area contributed by atoms with Crippen LogP contribution < -0.4 is 15.6 Å². The summed E-state index contributed by atoms with van der Waals surface area (Å²) < 4.78 is 0.707. The summed E-state index contributed by atoms with van der Waals surface area (Å²) in [4.78, 5) is 16.8. The number of nitrogens with one attached hydrogen (secondary N) is 2. The first-order chi connectivity index (χ1) is 12.9. The zero-order valence-electron chi connectivity index (χ0n) is 14.5. The number of nitro groups is 1. The average Bonchev–Trinajstić information content (AvgIpc) is 3.03. The fourth-order valence-corrected chi connectivity index (χ4v) is 3.35. The molecule has 0 aliphatic rings. The summed E-state index contributed by atoms with van der Waals surface area (Å²) in [5.74, 6) is 0. The number of rotatable bonds is 5. The maximum Gasteiger partial charge on any atom is 0.270 e. The highest BCUT2D eigenvalue weighted by Crippen LogP contribution is 2.29. The molecule has 138 valence electrons. The largest absolute Gasteiger partial charge is 0.378 e. The van der Waals surface area contributed by atoms with Crippen LogP contribution >= 0.6 is 23.6 Å². The molecule has 3 rings (SSSR count). The monoisotopic (exact) mass is 400 g/mol. The minimum Gasteiger partial charge on any atom is -0.378 e. The van der Waals surface area contributed by atoms with Crippen LogP contribution in [0.4, 0.5) is 16.5 Å². The fourth-order valence-electron chi connectivity index (χ4n) is 2.23. The topological polar surface area (TPSA) is 95.7 Å². The SMILES string of the molecule is CN(C)c1ccc(/C=N/NC(=S)Nc2nc3ccc([N+](=O)[O-])cc3s2)cc1. The van der Waals surface area contributed by atoms with Crippen molar-refractivity contribution in [3.8, 4) is 0 Å². The van der Waals surface area contributed by atoms with E-state index in [2.05, 4.69) is 20.8 Å². The number of hydrogen-bond donors (Lipinski definition) is 2. The molecule has 1 aromatic heterocycles. The summed E-state index contributed by atoms with van der Waals surface area (Å²) in [5, 5.41) is 18.7. The third kappa shape index (κ3) is 4.74. The van der Waals surface area contributed by atoms with E-state index in [0.717, 1.165) is 11.3 Å². The number of aromatic nitrogens is 1. The molecule has 0 amide bonds. The summed E-state index contributed by atoms with van der Waals surface area (Å²) in [7, 11) is 3.96. The summed E-state index contributed by atoms with van der Waals surface area (Å²) in [6, 6.07) is 12.4. The molecule has 0 saturated heterocycles. The van der Waals surface area contributed by atoms with Crippen LogP contribution in [0.25, 0.3) is 10.2 Å². The second kappa shape index (κ2) is 8.06. The van der Waals surface area contributed by atoms with Gasteiger partial charge >= 0.3 is 0 Å². The Hall–Kier alpha value is -3.11. The molecule has 3 aromatic rings. The van der Waals surface area contributed by atoms with Crippen molar-refractivity contribution in [2.75, 3.05) is 24.3 Å². The van der Waals surface area contributed by atoms with Gasteiger partial charge in [0, 0.05) is 31.9 Å². The van der Waals surface area contributed by atoms with Gasteiger partial charge < -0.3 is 10.2 Å². The molecule has 2 N–H and O–H groups in total. The Morgan fingerprint density at radius 2 is 2.04 bits per heavy atom. The van der Waals surface area contributed by atoms with E-state index >= 15 is 0 Å². The molecule has 0 aliphatic carbocycles. The molecule has 0 atom stereocenters. The highest BCUT2D eigenvalue weighted by atomic mass is 32.1. The third-order valence-corrected chi connectivity index (χ3v) is 4.72. The molecule has 8 nitrogen and oxygen atoms in total. The van der Waals surface area contributed by atoms with Crippen LogP contribution in [-0.2, 0) is 0 Å². The zero-order chi connectivity index (χ0) is 19.4. The number of hydrogen-bond acceptors (Lipinski definition) is 7. The Kier molecular flexibility index (Phi) is 5.57. The van der Waals surface area contributed by atoms with Gasteiger partial charge in [0.2, 0.25) is 0 Å². The maximum absolute atomic E-state index is 10.8. The number of fused-ring (bicyclic) bond motifs is 1. The summed E-state index contributed by atoms with van der Waals surface area (Å²) in [6.07, 6.45) is 1.66. The number of benzene rings is 2. The van der Waals surface area contributed by atoms with Crippen molar-refractivity contribution >= 4 is 61.6 Å². The van der Waals surface area contributed by atoms with Gasteiger partial charge in [0.15, 0.2) is 10.2 Å². The molecular weight excluding hydrogens is 384 g/mol. The van der Waals surface area contributed by atoms with Crippen LogP contribution in [0.3, 0.4) is 0 Å². The van der Waals surface area contributed by atoms with Crippen LogP contribution in [0.15, 0.2) is 47.6 Å². The number of non-ortho nitro benzene ring substituents is 1. The van der Waals surface area contributed by atoms with E-state index in [1.54, 1.807) is 12.3 Å². The standard InChI is InChI=1S/C17H16N6O2S2/c1-22(2)12-5-3-11(4-6-12)10-18-21-16(26)20-17-19-14-8-7-13(23(24)25)9-15(14)27-17/h3-10H,1-2H3,(H2,19,20,21,26)/b18-10+. The number of thiazole rings is 1. The molecule has 10 heteroatoms. The average molecular weight is 400 g/mol. The molecule has 0 bridgehead atoms. The number of anilines is 2. The quantitative estimate of drug-likeness (QED) is 0.292. The zero-order valence-corrected chi connectivity index (χ0v) is 16.2. The normalized spacial score (nSPS) is 10.9. The molecule has 0 unspecified atom stereocenters. The van der Waals surface area contributed by atoms with E-state index in [4.69, 9.17) is 12.2 Å². The van der Waals surface area contributed by atoms with Crippen LogP contribution in [0.2, 0.25) is 0 Å². The minimum atomic E-state index is -0.432. The number of nitro benzene ring substituents is 1. The van der Waals surface area contributed by atoms with Gasteiger partial charge in [-0.3, -0.25) is 15.5 Å². The Balaban J connectivity index is 1.60. The van der Waals surface area contributed by atoms with Crippen molar-refractivity contribution in [2.24, 2.45) is 5.10 Å². The first-order valence-corrected chi connectivity index (χ1v) is 9.07. The van der Waals surface area contributed by atoms with Crippen LogP contribution in [-0.4, -0.2) is 35.3 Å². The Bertz CT molecular complexity index is 1010. The number of nitrogens with zero attached hydrogens (tertiary/aromatic N) is 4. The molecule has 1 heterocycles. The lowest BCUT2D eigenvalue weighted by molar-refractivity contribution is -0.384. The van der Waals surface area contributed by atoms with Crippen LogP contribution in [0, 0.1) is 10.1 Å². The van der Waals surface area contributed by atoms with Gasteiger partial charge in [-0.2, -0.15) is 5.10 Å². The first kappa shape index (κ1) is 18.7. The van der Waals surface area contributed by atoms with Crippen molar-refractivity contribution in [1.29, 1.82) is 0 Å². The highest BCUT2D eigenvalue weighted by molar-refractivity contribution is 7.80. The molecular formula is C17H16N6O2S2. The van der Waals surface area contributed by atoms with Crippen molar-refractivity contribution in [1.82, 2.24) is 10.4 Å². The Morgan fingerprint density at radius 1 is 1.30 bits per heavy atom. The number of thiocarbonyl (C=S) groups is 1. The lowest BCUT2D eigenvalue weighted by atomic mass is 10.2. The smallest absolute Gasteiger partial charge is 0.270 e. The molecule has 2 aromatic carbocycles. The van der Waals surface area contributed by atoms with Crippen LogP contribution in [0.5, 0.6) is 0 Å². The second-order valence-corrected chi connectivity index (χ2v) is 7.18. The predicted octanol–water partition coefficient (Wildman–Crippen LogP) is 3.59. The fraction of sp³-hybridized carbons (Fsp3) is 0.118. The molecule has 0 aliphatic heterocycles. The van der Waals surface area contributed by atoms with E-state index in [9.17, 15) is 10.1 Å². The van der Waals surface area contributed by atoms with Gasteiger partial charge in [-0.15, -0.1) is 0 Å². The predicted molar refractivity (Wildman–Crippen MR) is 114 cm³/mol. The third-order valence-electron chi connectivity index (χ3n) is 3.59. The van der Waals surface area contributed by atoms with Crippen molar-refractivity contribution in [2.45, 2.75) is 0 Å². The van der Waals surface area contributed by atoms with E-state index in [1.807, 2.05) is 43.3 Å². The lowest BCUT2D eigenvalue weighted by Crippen LogP contribution is -2.23. The second-order valence-electron chi connectivity index (χ2n) is 5.74. The summed E-state index contributed by atoms with van der Waals surface area (Å²) in [6.45, 7) is 0. The van der Waals surface area contributed by atoms with Gasteiger partial charge in [0.05, 0.1) is 21.4 Å². The van der Waals surface area contributed by atoms with Crippen molar-refractivity contribution < 1.29 is 4.92 Å². The van der Waals surface area contributed by atoms with E-state index < -0.39 is 4.92 Å². The van der Waals surface area contributed by atoms with Crippen LogP contribution in [0.1, 0.15) is 5.56 Å².